The zero-order chi connectivity index (χ0) is 10.4. The number of hydrogen-bond donors (Lipinski definition) is 1. The Bertz CT molecular complexity index is 258. The summed E-state index contributed by atoms with van der Waals surface area (Å²) in [5.41, 5.74) is 0. The van der Waals surface area contributed by atoms with Gasteiger partial charge in [-0.25, -0.2) is 4.98 Å². The molecule has 0 aromatic carbocycles. The molecule has 1 N–H and O–H groups in total. The highest BCUT2D eigenvalue weighted by Crippen LogP contribution is 1.95. The van der Waals surface area contributed by atoms with Crippen LogP contribution >= 0.6 is 0 Å². The second kappa shape index (κ2) is 5.78. The Morgan fingerprint density at radius 2 is 2.36 bits per heavy atom. The van der Waals surface area contributed by atoms with E-state index < -0.39 is 0 Å². The molecular weight excluding hydrogens is 178 g/mol. The molecule has 1 aromatic heterocycles. The van der Waals surface area contributed by atoms with Crippen molar-refractivity contribution in [3.8, 4) is 0 Å². The number of aromatic nitrogens is 2. The van der Waals surface area contributed by atoms with Crippen LogP contribution in [0, 0.1) is 0 Å². The van der Waals surface area contributed by atoms with Crippen LogP contribution in [0.1, 0.15) is 19.7 Å². The van der Waals surface area contributed by atoms with Crippen molar-refractivity contribution in [3.63, 3.8) is 0 Å². The van der Waals surface area contributed by atoms with Crippen LogP contribution in [0.3, 0.4) is 0 Å². The number of nitrogens with zero attached hydrogens (tertiary/aromatic N) is 2. The minimum atomic E-state index is 0.520. The Morgan fingerprint density at radius 1 is 1.57 bits per heavy atom. The molecule has 0 bridgehead atoms. The van der Waals surface area contributed by atoms with E-state index in [2.05, 4.69) is 24.1 Å². The summed E-state index contributed by atoms with van der Waals surface area (Å²) in [5.74, 6) is 0.967. The average Bonchev–Trinajstić information content (AvgIpc) is 2.51. The van der Waals surface area contributed by atoms with Gasteiger partial charge in [0.2, 0.25) is 0 Å². The van der Waals surface area contributed by atoms with E-state index in [4.69, 9.17) is 4.74 Å². The van der Waals surface area contributed by atoms with Crippen molar-refractivity contribution in [1.82, 2.24) is 14.9 Å². The highest BCUT2D eigenvalue weighted by Gasteiger charge is 1.98. The van der Waals surface area contributed by atoms with Crippen LogP contribution in [-0.4, -0.2) is 28.7 Å². The molecule has 0 spiro atoms. The Hall–Kier alpha value is -0.870. The van der Waals surface area contributed by atoms with Gasteiger partial charge in [0.1, 0.15) is 12.4 Å². The lowest BCUT2D eigenvalue weighted by atomic mass is 10.4. The third-order valence-corrected chi connectivity index (χ3v) is 1.95. The molecule has 0 saturated heterocycles. The minimum Gasteiger partial charge on any atom is -0.372 e. The molecule has 80 valence electrons. The summed E-state index contributed by atoms with van der Waals surface area (Å²) in [5, 5.41) is 3.29. The van der Waals surface area contributed by atoms with Crippen LogP contribution in [0.5, 0.6) is 0 Å². The van der Waals surface area contributed by atoms with Gasteiger partial charge >= 0.3 is 0 Å². The first kappa shape index (κ1) is 11.2. The van der Waals surface area contributed by atoms with E-state index in [0.29, 0.717) is 12.6 Å². The van der Waals surface area contributed by atoms with Gasteiger partial charge in [0, 0.05) is 32.0 Å². The molecule has 1 heterocycles. The van der Waals surface area contributed by atoms with E-state index in [1.165, 1.54) is 0 Å². The number of ether oxygens (including phenoxy) is 1. The highest BCUT2D eigenvalue weighted by atomic mass is 16.5. The average molecular weight is 197 g/mol. The zero-order valence-corrected chi connectivity index (χ0v) is 9.16. The van der Waals surface area contributed by atoms with E-state index in [-0.39, 0.29) is 0 Å². The Morgan fingerprint density at radius 3 is 2.93 bits per heavy atom. The number of aryl methyl sites for hydroxylation is 1. The third kappa shape index (κ3) is 3.89. The van der Waals surface area contributed by atoms with Crippen molar-refractivity contribution in [2.24, 2.45) is 7.05 Å². The molecule has 0 aliphatic rings. The van der Waals surface area contributed by atoms with Crippen LogP contribution in [0.25, 0.3) is 0 Å². The molecular formula is C10H19N3O. The van der Waals surface area contributed by atoms with Gasteiger partial charge in [0.15, 0.2) is 0 Å². The summed E-state index contributed by atoms with van der Waals surface area (Å²) in [6.07, 6.45) is 3.70. The first-order valence-corrected chi connectivity index (χ1v) is 4.97. The quantitative estimate of drug-likeness (QED) is 0.690. The van der Waals surface area contributed by atoms with E-state index in [1.807, 2.05) is 17.8 Å². The van der Waals surface area contributed by atoms with Crippen LogP contribution in [0.2, 0.25) is 0 Å². The summed E-state index contributed by atoms with van der Waals surface area (Å²) in [6.45, 7) is 6.45. The van der Waals surface area contributed by atoms with Crippen molar-refractivity contribution < 1.29 is 4.74 Å². The SMILES string of the molecule is CC(C)NCCOCc1nccn1C. The standard InChI is InChI=1S/C10H19N3O/c1-9(2)11-5-7-14-8-10-12-4-6-13(10)3/h4,6,9,11H,5,7-8H2,1-3H3. The summed E-state index contributed by atoms with van der Waals surface area (Å²) in [6, 6.07) is 0.520. The monoisotopic (exact) mass is 197 g/mol. The first-order chi connectivity index (χ1) is 6.70. The van der Waals surface area contributed by atoms with Gasteiger partial charge in [-0.3, -0.25) is 0 Å². The molecule has 1 aromatic rings. The maximum absolute atomic E-state index is 5.46. The smallest absolute Gasteiger partial charge is 0.134 e. The van der Waals surface area contributed by atoms with Gasteiger partial charge in [-0.2, -0.15) is 0 Å². The second-order valence-electron chi connectivity index (χ2n) is 3.62. The van der Waals surface area contributed by atoms with E-state index in [0.717, 1.165) is 19.0 Å². The summed E-state index contributed by atoms with van der Waals surface area (Å²) in [4.78, 5) is 4.17. The minimum absolute atomic E-state index is 0.520. The molecule has 0 aliphatic heterocycles. The second-order valence-corrected chi connectivity index (χ2v) is 3.62. The fourth-order valence-electron chi connectivity index (χ4n) is 1.12. The molecule has 0 radical (unpaired) electrons. The first-order valence-electron chi connectivity index (χ1n) is 4.97. The fraction of sp³-hybridized carbons (Fsp3) is 0.700. The van der Waals surface area contributed by atoms with Crippen LogP contribution < -0.4 is 5.32 Å². The Labute approximate surface area is 85.3 Å². The lowest BCUT2D eigenvalue weighted by Crippen LogP contribution is -2.26. The third-order valence-electron chi connectivity index (χ3n) is 1.95. The van der Waals surface area contributed by atoms with Gasteiger partial charge in [-0.05, 0) is 0 Å². The lowest BCUT2D eigenvalue weighted by molar-refractivity contribution is 0.114. The molecule has 0 unspecified atom stereocenters. The molecule has 0 fully saturated rings. The van der Waals surface area contributed by atoms with Crippen molar-refractivity contribution in [3.05, 3.63) is 18.2 Å². The fourth-order valence-corrected chi connectivity index (χ4v) is 1.12. The molecule has 1 rings (SSSR count). The molecule has 14 heavy (non-hydrogen) atoms. The predicted octanol–water partition coefficient (Wildman–Crippen LogP) is 0.935. The molecule has 4 heteroatoms. The molecule has 4 nitrogen and oxygen atoms in total. The Kier molecular flexibility index (Phi) is 4.62. The van der Waals surface area contributed by atoms with Gasteiger partial charge < -0.3 is 14.6 Å². The highest BCUT2D eigenvalue weighted by molar-refractivity contribution is 4.88. The molecule has 0 amide bonds. The van der Waals surface area contributed by atoms with Crippen LogP contribution in [-0.2, 0) is 18.4 Å². The predicted molar refractivity (Wildman–Crippen MR) is 56.0 cm³/mol. The number of imidazole rings is 1. The van der Waals surface area contributed by atoms with E-state index in [1.54, 1.807) is 6.20 Å². The molecule has 0 aliphatic carbocycles. The largest absolute Gasteiger partial charge is 0.372 e. The van der Waals surface area contributed by atoms with Crippen LogP contribution in [0.4, 0.5) is 0 Å². The van der Waals surface area contributed by atoms with Gasteiger partial charge in [-0.15, -0.1) is 0 Å². The van der Waals surface area contributed by atoms with Crippen molar-refractivity contribution >= 4 is 0 Å². The topological polar surface area (TPSA) is 39.1 Å². The summed E-state index contributed by atoms with van der Waals surface area (Å²) in [7, 11) is 1.97. The maximum Gasteiger partial charge on any atom is 0.134 e. The lowest BCUT2D eigenvalue weighted by Gasteiger charge is -2.08. The van der Waals surface area contributed by atoms with Crippen molar-refractivity contribution in [2.75, 3.05) is 13.2 Å². The van der Waals surface area contributed by atoms with Crippen molar-refractivity contribution in [1.29, 1.82) is 0 Å². The molecule has 0 atom stereocenters. The van der Waals surface area contributed by atoms with Gasteiger partial charge in [0.05, 0.1) is 6.61 Å². The number of rotatable bonds is 6. The van der Waals surface area contributed by atoms with Gasteiger partial charge in [-0.1, -0.05) is 13.8 Å². The number of nitrogens with one attached hydrogen (secondary N) is 1. The van der Waals surface area contributed by atoms with E-state index in [9.17, 15) is 0 Å². The summed E-state index contributed by atoms with van der Waals surface area (Å²) < 4.78 is 7.43. The Balaban J connectivity index is 2.08. The number of hydrogen-bond acceptors (Lipinski definition) is 3. The maximum atomic E-state index is 5.46. The van der Waals surface area contributed by atoms with Gasteiger partial charge in [0.25, 0.3) is 0 Å². The van der Waals surface area contributed by atoms with Crippen molar-refractivity contribution in [2.45, 2.75) is 26.5 Å². The normalized spacial score (nSPS) is 11.1. The summed E-state index contributed by atoms with van der Waals surface area (Å²) >= 11 is 0. The molecule has 0 saturated carbocycles. The zero-order valence-electron chi connectivity index (χ0n) is 9.16. The van der Waals surface area contributed by atoms with E-state index >= 15 is 0 Å². The van der Waals surface area contributed by atoms with Crippen LogP contribution in [0.15, 0.2) is 12.4 Å².